The van der Waals surface area contributed by atoms with Gasteiger partial charge >= 0.3 is 0 Å². The minimum absolute atomic E-state index is 0.121. The SMILES string of the molecule is CCCCCCCC/C=C\CCCCCCCCCCC(CCC(=O)CCCCCCCCCCCCCCCCC)C(N)=O. The maximum Gasteiger partial charge on any atom is 0.220 e. The minimum atomic E-state index is -0.212. The first-order chi connectivity index (χ1) is 22.1. The van der Waals surface area contributed by atoms with Crippen molar-refractivity contribution < 1.29 is 9.59 Å². The number of carbonyl (C=O) groups excluding carboxylic acids is 2. The lowest BCUT2D eigenvalue weighted by molar-refractivity contribution is -0.123. The van der Waals surface area contributed by atoms with Gasteiger partial charge in [-0.1, -0.05) is 193 Å². The summed E-state index contributed by atoms with van der Waals surface area (Å²) < 4.78 is 0. The first-order valence-corrected chi connectivity index (χ1v) is 20.6. The van der Waals surface area contributed by atoms with Crippen LogP contribution < -0.4 is 5.73 Å². The number of primary amides is 1. The zero-order valence-electron chi connectivity index (χ0n) is 30.9. The summed E-state index contributed by atoms with van der Waals surface area (Å²) in [6.07, 6.45) is 48.6. The van der Waals surface area contributed by atoms with Crippen molar-refractivity contribution in [3.63, 3.8) is 0 Å². The van der Waals surface area contributed by atoms with Gasteiger partial charge in [0.25, 0.3) is 0 Å². The number of unbranched alkanes of at least 4 members (excludes halogenated alkanes) is 28. The van der Waals surface area contributed by atoms with Crippen LogP contribution in [0.1, 0.15) is 239 Å². The summed E-state index contributed by atoms with van der Waals surface area (Å²) in [7, 11) is 0. The molecule has 1 unspecified atom stereocenters. The third-order valence-corrected chi connectivity index (χ3v) is 9.80. The van der Waals surface area contributed by atoms with Gasteiger partial charge in [0.15, 0.2) is 0 Å². The topological polar surface area (TPSA) is 60.2 Å². The highest BCUT2D eigenvalue weighted by atomic mass is 16.1. The van der Waals surface area contributed by atoms with Crippen LogP contribution in [0.15, 0.2) is 12.2 Å². The Morgan fingerprint density at radius 3 is 1.13 bits per heavy atom. The largest absolute Gasteiger partial charge is 0.369 e. The quantitative estimate of drug-likeness (QED) is 0.0544. The zero-order chi connectivity index (χ0) is 32.9. The maximum atomic E-state index is 12.4. The van der Waals surface area contributed by atoms with Crippen molar-refractivity contribution in [3.8, 4) is 0 Å². The highest BCUT2D eigenvalue weighted by Gasteiger charge is 2.16. The van der Waals surface area contributed by atoms with Crippen molar-refractivity contribution in [1.82, 2.24) is 0 Å². The smallest absolute Gasteiger partial charge is 0.220 e. The number of hydrogen-bond acceptors (Lipinski definition) is 2. The van der Waals surface area contributed by atoms with Gasteiger partial charge in [0.1, 0.15) is 5.78 Å². The fourth-order valence-electron chi connectivity index (χ4n) is 6.57. The lowest BCUT2D eigenvalue weighted by Gasteiger charge is -2.13. The van der Waals surface area contributed by atoms with Gasteiger partial charge in [0.2, 0.25) is 5.91 Å². The third-order valence-electron chi connectivity index (χ3n) is 9.80. The van der Waals surface area contributed by atoms with E-state index in [-0.39, 0.29) is 11.8 Å². The Morgan fingerprint density at radius 1 is 0.422 bits per heavy atom. The molecule has 0 saturated heterocycles. The van der Waals surface area contributed by atoms with Crippen LogP contribution >= 0.6 is 0 Å². The number of carbonyl (C=O) groups is 2. The Morgan fingerprint density at radius 2 is 0.756 bits per heavy atom. The normalized spacial score (nSPS) is 12.3. The second-order valence-corrected chi connectivity index (χ2v) is 14.3. The average molecular weight is 632 g/mol. The molecule has 45 heavy (non-hydrogen) atoms. The van der Waals surface area contributed by atoms with Gasteiger partial charge in [-0.2, -0.15) is 0 Å². The predicted molar refractivity (Wildman–Crippen MR) is 200 cm³/mol. The fraction of sp³-hybridized carbons (Fsp3) is 0.905. The zero-order valence-corrected chi connectivity index (χ0v) is 30.9. The highest BCUT2D eigenvalue weighted by Crippen LogP contribution is 2.19. The molecule has 0 aliphatic carbocycles. The van der Waals surface area contributed by atoms with Gasteiger partial charge in [-0.05, 0) is 44.9 Å². The third kappa shape index (κ3) is 35.6. The average Bonchev–Trinajstić information content (AvgIpc) is 3.03. The molecule has 2 N–H and O–H groups in total. The van der Waals surface area contributed by atoms with Gasteiger partial charge in [-0.3, -0.25) is 9.59 Å². The Kier molecular flexibility index (Phi) is 36.4. The molecule has 3 nitrogen and oxygen atoms in total. The number of Topliss-reactive ketones (excluding diaryl/α,β-unsaturated/α-hetero) is 1. The molecule has 1 atom stereocenters. The standard InChI is InChI=1S/C42H81NO2/c1-3-5-7-9-11-13-15-17-19-20-21-23-24-26-28-30-32-34-36-40(42(43)45)38-39-41(44)37-35-33-31-29-27-25-22-18-16-14-12-10-8-6-4-2/h17,19,40H,3-16,18,20-39H2,1-2H3,(H2,43,45)/b19-17-. The van der Waals surface area contributed by atoms with E-state index in [1.807, 2.05) is 0 Å². The van der Waals surface area contributed by atoms with Crippen LogP contribution in [0.2, 0.25) is 0 Å². The fourth-order valence-corrected chi connectivity index (χ4v) is 6.57. The van der Waals surface area contributed by atoms with Crippen molar-refractivity contribution in [3.05, 3.63) is 12.2 Å². The van der Waals surface area contributed by atoms with Crippen molar-refractivity contribution in [2.24, 2.45) is 11.7 Å². The van der Waals surface area contributed by atoms with Gasteiger partial charge < -0.3 is 5.73 Å². The molecule has 0 aromatic carbocycles. The highest BCUT2D eigenvalue weighted by molar-refractivity contribution is 5.80. The molecule has 0 fully saturated rings. The molecule has 266 valence electrons. The van der Waals surface area contributed by atoms with E-state index in [1.54, 1.807) is 0 Å². The Hall–Kier alpha value is -1.12. The summed E-state index contributed by atoms with van der Waals surface area (Å²) in [5.74, 6) is -0.0100. The monoisotopic (exact) mass is 632 g/mol. The number of allylic oxidation sites excluding steroid dienone is 2. The molecule has 1 amide bonds. The maximum absolute atomic E-state index is 12.4. The van der Waals surface area contributed by atoms with Crippen LogP contribution in [-0.2, 0) is 9.59 Å². The van der Waals surface area contributed by atoms with E-state index in [4.69, 9.17) is 5.73 Å². The molecular formula is C42H81NO2. The van der Waals surface area contributed by atoms with Gasteiger partial charge in [0, 0.05) is 18.8 Å². The second-order valence-electron chi connectivity index (χ2n) is 14.3. The van der Waals surface area contributed by atoms with Crippen LogP contribution in [0.3, 0.4) is 0 Å². The predicted octanol–water partition coefficient (Wildman–Crippen LogP) is 13.9. The van der Waals surface area contributed by atoms with E-state index < -0.39 is 0 Å². The molecule has 0 aliphatic heterocycles. The van der Waals surface area contributed by atoms with Gasteiger partial charge in [-0.25, -0.2) is 0 Å². The Balaban J connectivity index is 3.52. The van der Waals surface area contributed by atoms with E-state index in [2.05, 4.69) is 26.0 Å². The molecule has 0 rings (SSSR count). The number of hydrogen-bond donors (Lipinski definition) is 1. The van der Waals surface area contributed by atoms with E-state index in [1.165, 1.54) is 186 Å². The Labute approximate surface area is 283 Å². The molecule has 0 saturated carbocycles. The minimum Gasteiger partial charge on any atom is -0.369 e. The summed E-state index contributed by atoms with van der Waals surface area (Å²) in [5, 5.41) is 0. The molecule has 3 heteroatoms. The van der Waals surface area contributed by atoms with Crippen LogP contribution in [0, 0.1) is 5.92 Å². The van der Waals surface area contributed by atoms with E-state index in [0.29, 0.717) is 25.0 Å². The molecular weight excluding hydrogens is 550 g/mol. The molecule has 0 aromatic heterocycles. The number of ketones is 1. The van der Waals surface area contributed by atoms with Gasteiger partial charge in [0.05, 0.1) is 0 Å². The summed E-state index contributed by atoms with van der Waals surface area (Å²) in [6, 6.07) is 0. The molecule has 0 bridgehead atoms. The van der Waals surface area contributed by atoms with E-state index >= 15 is 0 Å². The Bertz CT molecular complexity index is 643. The molecule has 0 aromatic rings. The summed E-state index contributed by atoms with van der Waals surface area (Å²) in [6.45, 7) is 4.56. The van der Waals surface area contributed by atoms with Gasteiger partial charge in [-0.15, -0.1) is 0 Å². The van der Waals surface area contributed by atoms with E-state index in [0.717, 1.165) is 19.3 Å². The number of rotatable bonds is 38. The number of amides is 1. The first kappa shape index (κ1) is 43.9. The lowest BCUT2D eigenvalue weighted by Crippen LogP contribution is -2.24. The van der Waals surface area contributed by atoms with Crippen molar-refractivity contribution in [2.75, 3.05) is 0 Å². The van der Waals surface area contributed by atoms with Crippen LogP contribution in [0.5, 0.6) is 0 Å². The van der Waals surface area contributed by atoms with Crippen LogP contribution in [0.25, 0.3) is 0 Å². The van der Waals surface area contributed by atoms with Crippen molar-refractivity contribution in [2.45, 2.75) is 239 Å². The molecule has 0 radical (unpaired) electrons. The molecule has 0 spiro atoms. The molecule has 0 aliphatic rings. The first-order valence-electron chi connectivity index (χ1n) is 20.6. The van der Waals surface area contributed by atoms with Crippen molar-refractivity contribution in [1.29, 1.82) is 0 Å². The summed E-state index contributed by atoms with van der Waals surface area (Å²) in [4.78, 5) is 24.3. The molecule has 0 heterocycles. The number of nitrogens with two attached hydrogens (primary N) is 1. The second kappa shape index (κ2) is 37.3. The van der Waals surface area contributed by atoms with Crippen molar-refractivity contribution >= 4 is 11.7 Å². The summed E-state index contributed by atoms with van der Waals surface area (Å²) >= 11 is 0. The van der Waals surface area contributed by atoms with Crippen LogP contribution in [-0.4, -0.2) is 11.7 Å². The summed E-state index contributed by atoms with van der Waals surface area (Å²) in [5.41, 5.74) is 5.68. The van der Waals surface area contributed by atoms with E-state index in [9.17, 15) is 9.59 Å². The van der Waals surface area contributed by atoms with Crippen LogP contribution in [0.4, 0.5) is 0 Å². The lowest BCUT2D eigenvalue weighted by atomic mass is 9.93.